The Labute approximate surface area is 93.7 Å². The number of hydrogen-bond acceptors (Lipinski definition) is 1. The van der Waals surface area contributed by atoms with E-state index in [-0.39, 0.29) is 5.75 Å². The Balaban J connectivity index is 3.23. The van der Waals surface area contributed by atoms with Crippen molar-refractivity contribution >= 4 is 22.0 Å². The fraction of sp³-hybridized carbons (Fsp3) is 0.200. The van der Waals surface area contributed by atoms with E-state index >= 15 is 0 Å². The molecule has 82 valence electrons. The number of benzene rings is 1. The Morgan fingerprint density at radius 1 is 1.27 bits per heavy atom. The summed E-state index contributed by atoms with van der Waals surface area (Å²) in [6, 6.07) is 3.54. The van der Waals surface area contributed by atoms with Crippen molar-refractivity contribution in [2.45, 2.75) is 6.18 Å². The Morgan fingerprint density at radius 3 is 2.40 bits per heavy atom. The van der Waals surface area contributed by atoms with Crippen LogP contribution in [-0.4, -0.2) is 7.11 Å². The minimum Gasteiger partial charge on any atom is -0.497 e. The number of alkyl halides is 3. The van der Waals surface area contributed by atoms with Gasteiger partial charge in [0.05, 0.1) is 12.7 Å². The molecule has 5 heteroatoms. The molecule has 15 heavy (non-hydrogen) atoms. The first kappa shape index (κ1) is 12.1. The van der Waals surface area contributed by atoms with Crippen molar-refractivity contribution in [2.75, 3.05) is 7.11 Å². The molecule has 0 atom stereocenters. The van der Waals surface area contributed by atoms with Gasteiger partial charge in [-0.15, -0.1) is 0 Å². The van der Waals surface area contributed by atoms with Gasteiger partial charge in [-0.2, -0.15) is 13.2 Å². The molecule has 0 aliphatic carbocycles. The van der Waals surface area contributed by atoms with Crippen molar-refractivity contribution in [3.63, 3.8) is 0 Å². The first-order valence-corrected chi connectivity index (χ1v) is 4.92. The van der Waals surface area contributed by atoms with Gasteiger partial charge in [0, 0.05) is 0 Å². The normalized spacial score (nSPS) is 12.1. The van der Waals surface area contributed by atoms with Crippen LogP contribution in [0.15, 0.2) is 23.2 Å². The monoisotopic (exact) mass is 280 g/mol. The molecule has 0 aromatic heterocycles. The zero-order valence-electron chi connectivity index (χ0n) is 7.81. The lowest BCUT2D eigenvalue weighted by molar-refractivity contribution is -0.137. The van der Waals surface area contributed by atoms with E-state index in [1.54, 1.807) is 0 Å². The van der Waals surface area contributed by atoms with Gasteiger partial charge in [0.25, 0.3) is 0 Å². The molecule has 0 saturated carbocycles. The SMILES string of the molecule is COc1cc(/C=C/Br)cc(C(F)(F)F)c1. The molecule has 0 unspecified atom stereocenters. The second-order valence-electron chi connectivity index (χ2n) is 2.79. The maximum Gasteiger partial charge on any atom is 0.416 e. The smallest absolute Gasteiger partial charge is 0.416 e. The number of ether oxygens (including phenoxy) is 1. The van der Waals surface area contributed by atoms with Crippen molar-refractivity contribution in [3.8, 4) is 5.75 Å². The second kappa shape index (κ2) is 4.70. The predicted molar refractivity (Wildman–Crippen MR) is 56.0 cm³/mol. The van der Waals surface area contributed by atoms with E-state index < -0.39 is 11.7 Å². The van der Waals surface area contributed by atoms with E-state index in [1.807, 2.05) is 0 Å². The van der Waals surface area contributed by atoms with Crippen LogP contribution < -0.4 is 4.74 Å². The Bertz CT molecular complexity index is 371. The van der Waals surface area contributed by atoms with Gasteiger partial charge in [0.15, 0.2) is 0 Å². The highest BCUT2D eigenvalue weighted by Crippen LogP contribution is 2.32. The zero-order chi connectivity index (χ0) is 11.5. The van der Waals surface area contributed by atoms with Gasteiger partial charge in [-0.1, -0.05) is 15.9 Å². The molecule has 1 aromatic rings. The molecule has 0 bridgehead atoms. The molecular weight excluding hydrogens is 273 g/mol. The maximum absolute atomic E-state index is 12.4. The number of methoxy groups -OCH3 is 1. The van der Waals surface area contributed by atoms with E-state index in [0.717, 1.165) is 12.1 Å². The number of rotatable bonds is 2. The lowest BCUT2D eigenvalue weighted by atomic mass is 10.1. The molecule has 0 spiro atoms. The number of hydrogen-bond donors (Lipinski definition) is 0. The summed E-state index contributed by atoms with van der Waals surface area (Å²) in [6.07, 6.45) is -2.85. The molecule has 0 heterocycles. The van der Waals surface area contributed by atoms with Crippen LogP contribution in [0.3, 0.4) is 0 Å². The standard InChI is InChI=1S/C10H8BrF3O/c1-15-9-5-7(2-3-11)4-8(6-9)10(12,13)14/h2-6H,1H3/b3-2+. The van der Waals surface area contributed by atoms with Crippen LogP contribution in [0.25, 0.3) is 6.08 Å². The predicted octanol–water partition coefficient (Wildman–Crippen LogP) is 4.08. The van der Waals surface area contributed by atoms with Gasteiger partial charge in [-0.05, 0) is 34.8 Å². The molecule has 1 rings (SSSR count). The highest BCUT2D eigenvalue weighted by molar-refractivity contribution is 9.11. The van der Waals surface area contributed by atoms with E-state index in [2.05, 4.69) is 15.9 Å². The van der Waals surface area contributed by atoms with Crippen LogP contribution in [0.5, 0.6) is 5.75 Å². The molecule has 0 radical (unpaired) electrons. The third-order valence-electron chi connectivity index (χ3n) is 1.75. The minimum atomic E-state index is -4.36. The third-order valence-corrected chi connectivity index (χ3v) is 2.01. The van der Waals surface area contributed by atoms with Gasteiger partial charge in [-0.25, -0.2) is 0 Å². The summed E-state index contributed by atoms with van der Waals surface area (Å²) in [6.45, 7) is 0. The van der Waals surface area contributed by atoms with Crippen molar-refractivity contribution < 1.29 is 17.9 Å². The first-order chi connectivity index (χ1) is 6.97. The molecule has 0 saturated heterocycles. The van der Waals surface area contributed by atoms with E-state index in [0.29, 0.717) is 5.56 Å². The average molecular weight is 281 g/mol. The fourth-order valence-corrected chi connectivity index (χ4v) is 1.38. The van der Waals surface area contributed by atoms with Crippen molar-refractivity contribution in [3.05, 3.63) is 34.3 Å². The quantitative estimate of drug-likeness (QED) is 0.793. The lowest BCUT2D eigenvalue weighted by Gasteiger charge is -2.09. The lowest BCUT2D eigenvalue weighted by Crippen LogP contribution is -2.05. The molecule has 0 aliphatic rings. The molecule has 1 nitrogen and oxygen atoms in total. The van der Waals surface area contributed by atoms with E-state index in [4.69, 9.17) is 4.74 Å². The number of halogens is 4. The summed E-state index contributed by atoms with van der Waals surface area (Å²) in [7, 11) is 1.33. The van der Waals surface area contributed by atoms with E-state index in [9.17, 15) is 13.2 Å². The van der Waals surface area contributed by atoms with Gasteiger partial charge in [0.1, 0.15) is 5.75 Å². The highest BCUT2D eigenvalue weighted by Gasteiger charge is 2.31. The van der Waals surface area contributed by atoms with Crippen molar-refractivity contribution in [2.24, 2.45) is 0 Å². The maximum atomic E-state index is 12.4. The largest absolute Gasteiger partial charge is 0.497 e. The summed E-state index contributed by atoms with van der Waals surface area (Å²) in [5.74, 6) is 0.186. The third kappa shape index (κ3) is 3.27. The summed E-state index contributed by atoms with van der Waals surface area (Å²) >= 11 is 3.00. The van der Waals surface area contributed by atoms with Crippen LogP contribution in [0.4, 0.5) is 13.2 Å². The zero-order valence-corrected chi connectivity index (χ0v) is 9.39. The minimum absolute atomic E-state index is 0.186. The Kier molecular flexibility index (Phi) is 3.79. The van der Waals surface area contributed by atoms with E-state index in [1.165, 1.54) is 24.2 Å². The summed E-state index contributed by atoms with van der Waals surface area (Å²) in [5.41, 5.74) is -0.291. The van der Waals surface area contributed by atoms with Gasteiger partial charge >= 0.3 is 6.18 Å². The molecule has 0 fully saturated rings. The Morgan fingerprint density at radius 2 is 1.93 bits per heavy atom. The molecule has 0 N–H and O–H groups in total. The van der Waals surface area contributed by atoms with Crippen LogP contribution >= 0.6 is 15.9 Å². The molecular formula is C10H8BrF3O. The van der Waals surface area contributed by atoms with Crippen LogP contribution in [0, 0.1) is 0 Å². The van der Waals surface area contributed by atoms with Gasteiger partial charge in [0.2, 0.25) is 0 Å². The van der Waals surface area contributed by atoms with Crippen LogP contribution in [0.2, 0.25) is 0 Å². The second-order valence-corrected chi connectivity index (χ2v) is 3.31. The first-order valence-electron chi connectivity index (χ1n) is 4.00. The van der Waals surface area contributed by atoms with Crippen molar-refractivity contribution in [1.82, 2.24) is 0 Å². The molecule has 0 aliphatic heterocycles. The Hall–Kier alpha value is -0.970. The average Bonchev–Trinajstić information content (AvgIpc) is 2.16. The topological polar surface area (TPSA) is 9.23 Å². The summed E-state index contributed by atoms with van der Waals surface area (Å²) in [5, 5.41) is 0. The summed E-state index contributed by atoms with van der Waals surface area (Å²) < 4.78 is 42.1. The van der Waals surface area contributed by atoms with Gasteiger partial charge < -0.3 is 4.74 Å². The van der Waals surface area contributed by atoms with Crippen molar-refractivity contribution in [1.29, 1.82) is 0 Å². The molecule has 0 amide bonds. The highest BCUT2D eigenvalue weighted by atomic mass is 79.9. The van der Waals surface area contributed by atoms with Gasteiger partial charge in [-0.3, -0.25) is 0 Å². The van der Waals surface area contributed by atoms with Crippen LogP contribution in [-0.2, 0) is 6.18 Å². The van der Waals surface area contributed by atoms with Crippen LogP contribution in [0.1, 0.15) is 11.1 Å². The summed E-state index contributed by atoms with van der Waals surface area (Å²) in [4.78, 5) is 1.49. The molecule has 1 aromatic carbocycles. The fourth-order valence-electron chi connectivity index (χ4n) is 1.07.